The molecule has 0 atom stereocenters. The van der Waals surface area contributed by atoms with E-state index in [0.717, 1.165) is 9.52 Å². The van der Waals surface area contributed by atoms with Gasteiger partial charge in [0.15, 0.2) is 0 Å². The van der Waals surface area contributed by atoms with Gasteiger partial charge in [0.05, 0.1) is 0 Å². The number of hydrogen-bond acceptors (Lipinski definition) is 0. The average Bonchev–Trinajstić information content (AvgIpc) is 3.16. The molecule has 2 aromatic carbocycles. The molecule has 0 aliphatic heterocycles. The maximum Gasteiger partial charge on any atom is 2.00 e. The van der Waals surface area contributed by atoms with Crippen molar-refractivity contribution in [3.05, 3.63) is 36.4 Å². The van der Waals surface area contributed by atoms with Gasteiger partial charge in [-0.25, -0.2) is 20.7 Å². The third-order valence-corrected chi connectivity index (χ3v) is 13.6. The molecule has 0 saturated heterocycles. The Kier molecular flexibility index (Phi) is 20.1. The van der Waals surface area contributed by atoms with Crippen LogP contribution >= 0.6 is 0 Å². The number of halogens is 2. The van der Waals surface area contributed by atoms with Gasteiger partial charge in [-0.05, 0) is 0 Å². The Labute approximate surface area is 236 Å². The van der Waals surface area contributed by atoms with Crippen molar-refractivity contribution in [3.8, 4) is 0 Å². The van der Waals surface area contributed by atoms with Crippen LogP contribution < -0.4 is 45.6 Å². The Balaban J connectivity index is -0.000000201. The number of rotatable bonds is 4. The molecule has 0 amide bonds. The maximum atomic E-state index is 2.44. The second kappa shape index (κ2) is 16.0. The van der Waals surface area contributed by atoms with Crippen LogP contribution in [0.4, 0.5) is 0 Å². The van der Waals surface area contributed by atoms with Gasteiger partial charge in [-0.3, -0.25) is 0 Å². The molecule has 32 heavy (non-hydrogen) atoms. The topological polar surface area (TPSA) is 0 Å². The van der Waals surface area contributed by atoms with Crippen molar-refractivity contribution in [2.75, 3.05) is 0 Å². The van der Waals surface area contributed by atoms with E-state index in [1.807, 2.05) is 0 Å². The van der Waals surface area contributed by atoms with Crippen molar-refractivity contribution in [1.29, 1.82) is 0 Å². The van der Waals surface area contributed by atoms with Crippen molar-refractivity contribution < 1.29 is 47.2 Å². The molecule has 2 aromatic rings. The van der Waals surface area contributed by atoms with Gasteiger partial charge in [-0.1, -0.05) is 91.7 Å². The molecule has 186 valence electrons. The normalized spacial score (nSPS) is 11.4. The van der Waals surface area contributed by atoms with Gasteiger partial charge >= 0.3 is 22.4 Å². The first-order valence-corrected chi connectivity index (χ1v) is 27.5. The minimum Gasteiger partial charge on any atom is -1.00 e. The van der Waals surface area contributed by atoms with Gasteiger partial charge in [0.25, 0.3) is 0 Å². The Bertz CT molecular complexity index is 608. The van der Waals surface area contributed by atoms with E-state index < -0.39 is 32.3 Å². The fourth-order valence-electron chi connectivity index (χ4n) is 3.46. The van der Waals surface area contributed by atoms with E-state index in [2.05, 4.69) is 128 Å². The van der Waals surface area contributed by atoms with Crippen molar-refractivity contribution in [2.24, 2.45) is 0 Å². The third-order valence-electron chi connectivity index (χ3n) is 4.86. The van der Waals surface area contributed by atoms with E-state index >= 15 is 0 Å². The molecule has 0 fully saturated rings. The summed E-state index contributed by atoms with van der Waals surface area (Å²) >= 11 is 0. The molecule has 0 N–H and O–H groups in total. The SMILES string of the molecule is C[SiH]C.C[Si](C)(C)c1c[cH-]cc1[Si](C)(C)C.C[Si](C)(C)c1c[cH-]cc1[Si](C)(C)C.[Cl-].[Cl-].[Ta+2]. The van der Waals surface area contributed by atoms with Gasteiger partial charge in [0.2, 0.25) is 0 Å². The van der Waals surface area contributed by atoms with Crippen molar-refractivity contribution >= 4 is 62.6 Å². The van der Waals surface area contributed by atoms with E-state index in [1.165, 1.54) is 0 Å². The molecule has 0 saturated carbocycles. The molecule has 0 nitrogen and oxygen atoms in total. The Morgan fingerprint density at radius 3 is 0.688 bits per heavy atom. The number of hydrogen-bond donors (Lipinski definition) is 0. The molecule has 0 aromatic heterocycles. The van der Waals surface area contributed by atoms with Crippen LogP contribution in [0.15, 0.2) is 36.4 Å². The van der Waals surface area contributed by atoms with Crippen molar-refractivity contribution in [3.63, 3.8) is 0 Å². The summed E-state index contributed by atoms with van der Waals surface area (Å²) in [4.78, 5) is 0. The van der Waals surface area contributed by atoms with E-state index in [1.54, 1.807) is 20.7 Å². The van der Waals surface area contributed by atoms with Crippen LogP contribution in [-0.4, -0.2) is 41.8 Å². The second-order valence-corrected chi connectivity index (χ2v) is 33.6. The van der Waals surface area contributed by atoms with Crippen molar-refractivity contribution in [1.82, 2.24) is 0 Å². The summed E-state index contributed by atoms with van der Waals surface area (Å²) in [6.07, 6.45) is 0. The molecular formula is C24H49Cl2Si5Ta-2. The summed E-state index contributed by atoms with van der Waals surface area (Å²) in [6, 6.07) is 13.9. The van der Waals surface area contributed by atoms with Gasteiger partial charge in [-0.2, -0.15) is 36.4 Å². The first-order chi connectivity index (χ1) is 12.9. The van der Waals surface area contributed by atoms with Gasteiger partial charge in [0, 0.05) is 41.8 Å². The molecule has 8 heteroatoms. The minimum atomic E-state index is -1.10. The summed E-state index contributed by atoms with van der Waals surface area (Å²) in [5, 5.41) is 6.75. The van der Waals surface area contributed by atoms with Gasteiger partial charge in [-0.15, -0.1) is 0 Å². The minimum absolute atomic E-state index is 0. The summed E-state index contributed by atoms with van der Waals surface area (Å²) in [5.41, 5.74) is 0. The average molecular weight is 730 g/mol. The van der Waals surface area contributed by atoms with Crippen LogP contribution in [0.5, 0.6) is 0 Å². The maximum absolute atomic E-state index is 2.44. The molecule has 2 rings (SSSR count). The first kappa shape index (κ1) is 40.3. The molecule has 2 radical (unpaired) electrons. The zero-order valence-corrected chi connectivity index (χ0v) is 33.1. The quantitative estimate of drug-likeness (QED) is 0.295. The molecule has 0 heterocycles. The zero-order valence-electron chi connectivity index (χ0n) is 23.2. The predicted octanol–water partition coefficient (Wildman–Crippen LogP) is -0.484. The standard InChI is InChI=1S/2C11H21Si2.C2H7Si.2ClH.Ta/c2*1-12(2,3)10-8-7-9-11(10)13(4,5)6;1-3-2;;;/h2*7-9H,1-6H3;3H,1-2H3;2*1H;/q2*-1;;;;+2/p-2. The van der Waals surface area contributed by atoms with Crippen LogP contribution in [0.3, 0.4) is 0 Å². The van der Waals surface area contributed by atoms with Crippen LogP contribution in [0, 0.1) is 0 Å². The third kappa shape index (κ3) is 13.9. The molecule has 0 spiro atoms. The monoisotopic (exact) mass is 728 g/mol. The fourth-order valence-corrected chi connectivity index (χ4v) is 13.9. The van der Waals surface area contributed by atoms with E-state index in [-0.39, 0.29) is 47.2 Å². The predicted molar refractivity (Wildman–Crippen MR) is 155 cm³/mol. The van der Waals surface area contributed by atoms with E-state index in [4.69, 9.17) is 0 Å². The summed E-state index contributed by atoms with van der Waals surface area (Å²) < 4.78 is 0. The molecular weight excluding hydrogens is 681 g/mol. The Morgan fingerprint density at radius 1 is 0.469 bits per heavy atom. The Hall–Kier alpha value is 1.10. The zero-order chi connectivity index (χ0) is 23.3. The van der Waals surface area contributed by atoms with Gasteiger partial charge in [0.1, 0.15) is 0 Å². The largest absolute Gasteiger partial charge is 2.00 e. The fraction of sp³-hybridized carbons (Fsp3) is 0.583. The van der Waals surface area contributed by atoms with E-state index in [9.17, 15) is 0 Å². The molecule has 0 aliphatic carbocycles. The molecule has 0 unspecified atom stereocenters. The van der Waals surface area contributed by atoms with Crippen LogP contribution in [0.2, 0.25) is 91.7 Å². The second-order valence-electron chi connectivity index (χ2n) is 12.3. The van der Waals surface area contributed by atoms with Gasteiger partial charge < -0.3 is 24.8 Å². The smallest absolute Gasteiger partial charge is 1.00 e. The van der Waals surface area contributed by atoms with E-state index in [0.29, 0.717) is 0 Å². The van der Waals surface area contributed by atoms with Crippen LogP contribution in [0.1, 0.15) is 0 Å². The molecule has 0 aliphatic rings. The summed E-state index contributed by atoms with van der Waals surface area (Å²) in [7, 11) is -3.65. The molecule has 0 bridgehead atoms. The first-order valence-electron chi connectivity index (χ1n) is 11.1. The van der Waals surface area contributed by atoms with Crippen molar-refractivity contribution in [2.45, 2.75) is 91.7 Å². The summed E-state index contributed by atoms with van der Waals surface area (Å²) in [5.74, 6) is 0. The Morgan fingerprint density at radius 2 is 0.594 bits per heavy atom. The van der Waals surface area contributed by atoms with Crippen LogP contribution in [-0.2, 0) is 22.4 Å². The van der Waals surface area contributed by atoms with Crippen LogP contribution in [0.25, 0.3) is 0 Å². The summed E-state index contributed by atoms with van der Waals surface area (Å²) in [6.45, 7) is 33.7.